The molecule has 1 atom stereocenters. The lowest BCUT2D eigenvalue weighted by molar-refractivity contribution is -0.137. The standard InChI is InChI=1S/C15H17FN4O2/c16-15(1-2-15)13(22)19-4-3-14(8-19)5-12(21)20(9-14)11-6-17-10-18-7-11/h6-7,10H,1-5,8-9H2. The van der Waals surface area contributed by atoms with Crippen LogP contribution in [0.3, 0.4) is 0 Å². The Bertz CT molecular complexity index is 634. The minimum atomic E-state index is -1.62. The van der Waals surface area contributed by atoms with Crippen LogP contribution in [-0.4, -0.2) is 52.0 Å². The maximum absolute atomic E-state index is 14.0. The second-order valence-corrected chi connectivity index (χ2v) is 6.70. The first-order chi connectivity index (χ1) is 10.5. The van der Waals surface area contributed by atoms with Crippen LogP contribution in [0.15, 0.2) is 18.7 Å². The van der Waals surface area contributed by atoms with Crippen molar-refractivity contribution in [3.05, 3.63) is 18.7 Å². The fourth-order valence-electron chi connectivity index (χ4n) is 3.55. The Balaban J connectivity index is 1.50. The van der Waals surface area contributed by atoms with Crippen molar-refractivity contribution in [1.29, 1.82) is 0 Å². The van der Waals surface area contributed by atoms with Crippen molar-refractivity contribution in [1.82, 2.24) is 14.9 Å². The zero-order valence-electron chi connectivity index (χ0n) is 12.2. The van der Waals surface area contributed by atoms with Gasteiger partial charge in [0.1, 0.15) is 6.33 Å². The van der Waals surface area contributed by atoms with E-state index >= 15 is 0 Å². The monoisotopic (exact) mass is 304 g/mol. The highest BCUT2D eigenvalue weighted by Crippen LogP contribution is 2.46. The number of halogens is 1. The second kappa shape index (κ2) is 4.47. The van der Waals surface area contributed by atoms with Crippen molar-refractivity contribution >= 4 is 17.5 Å². The summed E-state index contributed by atoms with van der Waals surface area (Å²) in [6, 6.07) is 0. The molecule has 4 rings (SSSR count). The predicted octanol–water partition coefficient (Wildman–Crippen LogP) is 0.934. The number of carbonyl (C=O) groups is 2. The molecule has 0 N–H and O–H groups in total. The number of hydrogen-bond acceptors (Lipinski definition) is 4. The molecule has 1 unspecified atom stereocenters. The van der Waals surface area contributed by atoms with Crippen LogP contribution >= 0.6 is 0 Å². The van der Waals surface area contributed by atoms with Crippen LogP contribution in [-0.2, 0) is 9.59 Å². The lowest BCUT2D eigenvalue weighted by Gasteiger charge is -2.24. The largest absolute Gasteiger partial charge is 0.339 e. The van der Waals surface area contributed by atoms with Crippen molar-refractivity contribution in [2.45, 2.75) is 31.4 Å². The molecule has 3 aliphatic rings. The summed E-state index contributed by atoms with van der Waals surface area (Å²) in [5.74, 6) is -0.371. The molecule has 2 amide bonds. The van der Waals surface area contributed by atoms with Gasteiger partial charge in [0.15, 0.2) is 5.67 Å². The SMILES string of the molecule is O=C1CC2(CCN(C(=O)C3(F)CC3)C2)CN1c1cncnc1. The Kier molecular flexibility index (Phi) is 2.76. The van der Waals surface area contributed by atoms with Crippen LogP contribution in [0.1, 0.15) is 25.7 Å². The molecule has 0 radical (unpaired) electrons. The molecule has 1 aromatic rings. The van der Waals surface area contributed by atoms with Gasteiger partial charge in [0.25, 0.3) is 5.91 Å². The molecule has 1 aliphatic carbocycles. The summed E-state index contributed by atoms with van der Waals surface area (Å²) in [5.41, 5.74) is -1.20. The number of likely N-dealkylation sites (tertiary alicyclic amines) is 1. The predicted molar refractivity (Wildman–Crippen MR) is 75.7 cm³/mol. The average Bonchev–Trinajstić information content (AvgIpc) is 3.02. The fourth-order valence-corrected chi connectivity index (χ4v) is 3.55. The van der Waals surface area contributed by atoms with E-state index in [1.807, 2.05) is 0 Å². The van der Waals surface area contributed by atoms with Crippen molar-refractivity contribution in [3.63, 3.8) is 0 Å². The van der Waals surface area contributed by atoms with E-state index in [-0.39, 0.29) is 11.3 Å². The van der Waals surface area contributed by atoms with Gasteiger partial charge in [-0.15, -0.1) is 0 Å². The van der Waals surface area contributed by atoms with Crippen LogP contribution < -0.4 is 4.90 Å². The molecule has 0 bridgehead atoms. The highest BCUT2D eigenvalue weighted by atomic mass is 19.1. The minimum Gasteiger partial charge on any atom is -0.339 e. The molecule has 0 aromatic carbocycles. The van der Waals surface area contributed by atoms with Crippen molar-refractivity contribution in [2.24, 2.45) is 5.41 Å². The Hall–Kier alpha value is -2.05. The molecule has 1 spiro atoms. The van der Waals surface area contributed by atoms with E-state index in [1.54, 1.807) is 22.2 Å². The summed E-state index contributed by atoms with van der Waals surface area (Å²) < 4.78 is 14.0. The van der Waals surface area contributed by atoms with Gasteiger partial charge in [0, 0.05) is 31.5 Å². The minimum absolute atomic E-state index is 0.0190. The number of aromatic nitrogens is 2. The molecule has 1 saturated carbocycles. The molecule has 3 heterocycles. The number of anilines is 1. The van der Waals surface area contributed by atoms with Gasteiger partial charge in [0.05, 0.1) is 18.1 Å². The van der Waals surface area contributed by atoms with E-state index in [9.17, 15) is 14.0 Å². The second-order valence-electron chi connectivity index (χ2n) is 6.70. The van der Waals surface area contributed by atoms with Gasteiger partial charge in [-0.2, -0.15) is 0 Å². The first kappa shape index (κ1) is 13.6. The van der Waals surface area contributed by atoms with E-state index < -0.39 is 11.6 Å². The highest BCUT2D eigenvalue weighted by molar-refractivity contribution is 5.96. The Morgan fingerprint density at radius 1 is 1.18 bits per heavy atom. The molecule has 3 fully saturated rings. The average molecular weight is 304 g/mol. The van der Waals surface area contributed by atoms with Gasteiger partial charge in [-0.3, -0.25) is 9.59 Å². The van der Waals surface area contributed by atoms with Crippen LogP contribution in [0.5, 0.6) is 0 Å². The normalized spacial score (nSPS) is 29.4. The van der Waals surface area contributed by atoms with Gasteiger partial charge in [-0.05, 0) is 19.3 Å². The lowest BCUT2D eigenvalue weighted by Crippen LogP contribution is -2.39. The first-order valence-corrected chi connectivity index (χ1v) is 7.55. The van der Waals surface area contributed by atoms with E-state index in [1.165, 1.54) is 6.33 Å². The number of carbonyl (C=O) groups excluding carboxylic acids is 2. The van der Waals surface area contributed by atoms with Gasteiger partial charge in [-0.1, -0.05) is 0 Å². The fraction of sp³-hybridized carbons (Fsp3) is 0.600. The number of amides is 2. The van der Waals surface area contributed by atoms with Crippen LogP contribution in [0.4, 0.5) is 10.1 Å². The summed E-state index contributed by atoms with van der Waals surface area (Å²) in [6.07, 6.45) is 6.45. The molecule has 116 valence electrons. The summed E-state index contributed by atoms with van der Waals surface area (Å²) in [4.78, 5) is 35.6. The van der Waals surface area contributed by atoms with Gasteiger partial charge in [-0.25, -0.2) is 14.4 Å². The van der Waals surface area contributed by atoms with Crippen molar-refractivity contribution < 1.29 is 14.0 Å². The smallest absolute Gasteiger partial charge is 0.260 e. The Morgan fingerprint density at radius 3 is 2.59 bits per heavy atom. The number of nitrogens with zero attached hydrogens (tertiary/aromatic N) is 4. The first-order valence-electron chi connectivity index (χ1n) is 7.55. The molecule has 6 nitrogen and oxygen atoms in total. The van der Waals surface area contributed by atoms with Crippen LogP contribution in [0, 0.1) is 5.41 Å². The number of rotatable bonds is 2. The molecule has 7 heteroatoms. The van der Waals surface area contributed by atoms with Crippen molar-refractivity contribution in [3.8, 4) is 0 Å². The third kappa shape index (κ3) is 2.07. The highest BCUT2D eigenvalue weighted by Gasteiger charge is 2.56. The van der Waals surface area contributed by atoms with E-state index in [4.69, 9.17) is 0 Å². The van der Waals surface area contributed by atoms with E-state index in [0.29, 0.717) is 44.6 Å². The zero-order valence-corrected chi connectivity index (χ0v) is 12.2. The van der Waals surface area contributed by atoms with E-state index in [2.05, 4.69) is 9.97 Å². The third-order valence-corrected chi connectivity index (χ3v) is 4.98. The number of hydrogen-bond donors (Lipinski definition) is 0. The Labute approximate surface area is 127 Å². The molecule has 22 heavy (non-hydrogen) atoms. The molecule has 2 aliphatic heterocycles. The summed E-state index contributed by atoms with van der Waals surface area (Å²) >= 11 is 0. The van der Waals surface area contributed by atoms with Gasteiger partial charge in [0.2, 0.25) is 5.91 Å². The summed E-state index contributed by atoms with van der Waals surface area (Å²) in [6.45, 7) is 1.55. The maximum atomic E-state index is 14.0. The summed E-state index contributed by atoms with van der Waals surface area (Å²) in [7, 11) is 0. The third-order valence-electron chi connectivity index (χ3n) is 4.98. The molecule has 2 saturated heterocycles. The molecule has 1 aromatic heterocycles. The Morgan fingerprint density at radius 2 is 1.91 bits per heavy atom. The van der Waals surface area contributed by atoms with Gasteiger partial charge < -0.3 is 9.80 Å². The van der Waals surface area contributed by atoms with Crippen LogP contribution in [0.2, 0.25) is 0 Å². The number of alkyl halides is 1. The van der Waals surface area contributed by atoms with Crippen molar-refractivity contribution in [2.75, 3.05) is 24.5 Å². The van der Waals surface area contributed by atoms with Crippen LogP contribution in [0.25, 0.3) is 0 Å². The summed E-state index contributed by atoms with van der Waals surface area (Å²) in [5, 5.41) is 0. The quantitative estimate of drug-likeness (QED) is 0.815. The molecular weight excluding hydrogens is 287 g/mol. The topological polar surface area (TPSA) is 66.4 Å². The van der Waals surface area contributed by atoms with Gasteiger partial charge >= 0.3 is 0 Å². The zero-order chi connectivity index (χ0) is 15.4. The van der Waals surface area contributed by atoms with E-state index in [0.717, 1.165) is 6.42 Å². The maximum Gasteiger partial charge on any atom is 0.260 e. The molecular formula is C15H17FN4O2. The lowest BCUT2D eigenvalue weighted by atomic mass is 9.86.